The van der Waals surface area contributed by atoms with Crippen molar-refractivity contribution in [3.8, 4) is 45.7 Å². The van der Waals surface area contributed by atoms with Crippen LogP contribution in [-0.2, 0) is 41.8 Å². The highest BCUT2D eigenvalue weighted by atomic mass is 16.5. The molecule has 17 rings (SSSR count). The zero-order chi connectivity index (χ0) is 87.1. The molecule has 24 heteroatoms. The Bertz CT molecular complexity index is 6370. The van der Waals surface area contributed by atoms with Crippen LogP contribution in [0.5, 0.6) is 11.5 Å². The Morgan fingerprint density at radius 3 is 1.65 bits per heavy atom. The number of hydrogen-bond donors (Lipinski definition) is 4. The molecule has 1 aliphatic rings. The van der Waals surface area contributed by atoms with Crippen molar-refractivity contribution in [3.05, 3.63) is 238 Å². The average Bonchev–Trinajstić information content (AvgIpc) is 1.60. The van der Waals surface area contributed by atoms with Crippen molar-refractivity contribution in [1.29, 1.82) is 0 Å². The summed E-state index contributed by atoms with van der Waals surface area (Å²) in [6.07, 6.45) is 14.2. The molecule has 121 heavy (non-hydrogen) atoms. The Kier molecular flexibility index (Phi) is 27.1. The van der Waals surface area contributed by atoms with Crippen molar-refractivity contribution in [2.45, 2.75) is 177 Å². The van der Waals surface area contributed by atoms with Crippen molar-refractivity contribution in [2.24, 2.45) is 52.4 Å². The van der Waals surface area contributed by atoms with E-state index in [1.807, 2.05) is 90.3 Å². The molecule has 0 bridgehead atoms. The Morgan fingerprint density at radius 1 is 0.504 bits per heavy atom. The summed E-state index contributed by atoms with van der Waals surface area (Å²) in [7, 11) is 13.1. The molecule has 24 nitrogen and oxygen atoms in total. The maximum Gasteiger partial charge on any atom is 0.265 e. The lowest BCUT2D eigenvalue weighted by Crippen LogP contribution is -2.18. The maximum absolute atomic E-state index is 11.9. The number of carbonyl (C=O) groups is 3. The maximum atomic E-state index is 11.9. The van der Waals surface area contributed by atoms with Gasteiger partial charge in [0.2, 0.25) is 17.6 Å². The van der Waals surface area contributed by atoms with Crippen LogP contribution in [0.2, 0.25) is 0 Å². The molecule has 0 radical (unpaired) electrons. The Morgan fingerprint density at radius 2 is 1.09 bits per heavy atom. The molecule has 1 saturated carbocycles. The number of fused-ring (bicyclic) bond motifs is 6. The lowest BCUT2D eigenvalue weighted by Gasteiger charge is -2.17. The number of hydrogen-bond acceptors (Lipinski definition) is 14. The predicted molar refractivity (Wildman–Crippen MR) is 486 cm³/mol. The quantitative estimate of drug-likeness (QED) is 0.0659. The molecule has 0 spiro atoms. The van der Waals surface area contributed by atoms with E-state index >= 15 is 0 Å². The number of methoxy groups -OCH3 is 2. The number of amides is 3. The van der Waals surface area contributed by atoms with E-state index in [0.717, 1.165) is 83.9 Å². The van der Waals surface area contributed by atoms with Crippen LogP contribution < -0.4 is 26.7 Å². The van der Waals surface area contributed by atoms with E-state index in [1.54, 1.807) is 37.5 Å². The molecule has 0 unspecified atom stereocenters. The summed E-state index contributed by atoms with van der Waals surface area (Å²) in [5, 5.41) is 35.2. The number of aromatic nitrogens is 15. The summed E-state index contributed by atoms with van der Waals surface area (Å²) in [4.78, 5) is 43.7. The van der Waals surface area contributed by atoms with Gasteiger partial charge in [-0.15, -0.1) is 20.4 Å². The molecule has 0 saturated heterocycles. The summed E-state index contributed by atoms with van der Waals surface area (Å²) in [5.41, 5.74) is 37.4. The molecule has 0 aliphatic heterocycles. The number of carbonyl (C=O) groups excluding carboxylic acids is 3. The number of primary amides is 3. The van der Waals surface area contributed by atoms with E-state index in [0.29, 0.717) is 76.8 Å². The SMILES string of the molecule is CC(C)c1cccc2ccc(-c3nn[nH]n3)cc12.CC(C)c1cn(C)c2ccc(-c3ncn(C)n3)cc12.CC(C)c1cn(C)c2ccc(-c3nnc(C4CCCCC4)o3)cc12.COc1ccc(C(C)C)c2c1c(C)c(C(N)=O)n2C.COc1ccc(C(C)C)c2c1cc(C(N)=O)n2C.Cc1cc(C(C)C)c2c(c1)cc(C(N)=O)n2Cc1ccccn1. The second kappa shape index (κ2) is 37.5. The van der Waals surface area contributed by atoms with E-state index in [1.165, 1.54) is 104 Å². The monoisotopic (exact) mass is 1630 g/mol. The average molecular weight is 1630 g/mol. The number of aromatic amines is 1. The van der Waals surface area contributed by atoms with Crippen LogP contribution in [0, 0.1) is 13.8 Å². The van der Waals surface area contributed by atoms with E-state index < -0.39 is 17.7 Å². The van der Waals surface area contributed by atoms with Crippen LogP contribution in [0.4, 0.5) is 0 Å². The molecular weight excluding hydrogens is 1510 g/mol. The highest BCUT2D eigenvalue weighted by Crippen LogP contribution is 2.41. The Hall–Kier alpha value is -13.0. The van der Waals surface area contributed by atoms with Crippen molar-refractivity contribution in [2.75, 3.05) is 14.2 Å². The molecule has 9 aromatic heterocycles. The Balaban J connectivity index is 0.000000133. The predicted octanol–water partition coefficient (Wildman–Crippen LogP) is 20.4. The zero-order valence-corrected chi connectivity index (χ0v) is 73.8. The number of nitrogens with zero attached hydrogens (tertiary/aromatic N) is 14. The molecule has 0 atom stereocenters. The number of nitrogens with one attached hydrogen (secondary N) is 1. The molecule has 7 aromatic carbocycles. The molecular formula is C97H116N18O6. The molecule has 16 aromatic rings. The number of pyridine rings is 1. The van der Waals surface area contributed by atoms with Gasteiger partial charge >= 0.3 is 0 Å². The van der Waals surface area contributed by atoms with Crippen LogP contribution >= 0.6 is 0 Å². The van der Waals surface area contributed by atoms with Crippen molar-refractivity contribution < 1.29 is 28.3 Å². The second-order valence-corrected chi connectivity index (χ2v) is 33.5. The normalized spacial score (nSPS) is 12.3. The number of nitrogens with two attached hydrogens (primary N) is 3. The number of aryl methyl sites for hydroxylation is 7. The van der Waals surface area contributed by atoms with Crippen LogP contribution in [0.25, 0.3) is 99.5 Å². The molecule has 630 valence electrons. The second-order valence-electron chi connectivity index (χ2n) is 33.5. The van der Waals surface area contributed by atoms with Crippen molar-refractivity contribution in [3.63, 3.8) is 0 Å². The third-order valence-electron chi connectivity index (χ3n) is 22.9. The molecule has 1 aliphatic carbocycles. The zero-order valence-electron chi connectivity index (χ0n) is 73.8. The van der Waals surface area contributed by atoms with Gasteiger partial charge in [0, 0.05) is 114 Å². The third kappa shape index (κ3) is 18.7. The van der Waals surface area contributed by atoms with Crippen LogP contribution in [0.15, 0.2) is 169 Å². The van der Waals surface area contributed by atoms with Crippen LogP contribution in [0.3, 0.4) is 0 Å². The number of rotatable bonds is 17. The molecule has 1 fully saturated rings. The van der Waals surface area contributed by atoms with E-state index in [2.05, 4.69) is 256 Å². The lowest BCUT2D eigenvalue weighted by atomic mass is 9.89. The van der Waals surface area contributed by atoms with Gasteiger partial charge in [0.05, 0.1) is 43.0 Å². The number of benzene rings is 7. The van der Waals surface area contributed by atoms with Gasteiger partial charge in [0.1, 0.15) is 34.9 Å². The number of ether oxygens (including phenoxy) is 2. The van der Waals surface area contributed by atoms with Gasteiger partial charge in [0.15, 0.2) is 5.82 Å². The summed E-state index contributed by atoms with van der Waals surface area (Å²) in [5.74, 6) is 6.21. The van der Waals surface area contributed by atoms with Gasteiger partial charge in [-0.25, -0.2) is 4.98 Å². The summed E-state index contributed by atoms with van der Waals surface area (Å²) in [6.45, 7) is 30.7. The Labute approximate surface area is 707 Å². The van der Waals surface area contributed by atoms with Gasteiger partial charge in [-0.05, 0) is 202 Å². The van der Waals surface area contributed by atoms with Gasteiger partial charge in [0.25, 0.3) is 17.7 Å². The highest BCUT2D eigenvalue weighted by molar-refractivity contribution is 6.05. The molecule has 3 amide bonds. The fraction of sp³-hybridized carbons (Fsp3) is 0.351. The minimum absolute atomic E-state index is 0.357. The van der Waals surface area contributed by atoms with Crippen LogP contribution in [-0.4, -0.2) is 105 Å². The smallest absolute Gasteiger partial charge is 0.265 e. The topological polar surface area (TPSA) is 309 Å². The van der Waals surface area contributed by atoms with Crippen molar-refractivity contribution >= 4 is 83.0 Å². The standard InChI is InChI=1S/C20H25N3O.C19H21N3O.C15H18N4.C15H20N2O2.C14H14N4.C14H18N2O2/c1-13(2)17-12-23(3)18-10-9-15(11-16(17)18)20-22-21-19(24-20)14-7-5-4-6-8-14;1-12(2)16-9-13(3)8-14-10-17(19(20)23)22(18(14)16)11-15-6-4-5-7-21-15;1-10(2)13-8-18(3)14-6-5-11(7-12(13)14)15-16-9-19(4)17-15;1-8(2)10-6-7-11(19-5)12-9(3)13(15(16)18)17(4)14(10)12;1-9(2)12-5-3-4-10-6-7-11(8-13(10)12)14-15-17-18-16-14;1-8(2)9-5-6-12(18-4)10-7-11(14(15)17)16(3)13(9)10/h9-14H,4-8H2,1-3H3;4-10,12H,11H2,1-3H3,(H2,20,23);5-10H,1-4H3;6-8H,1-5H3,(H2,16,18);3-9H,1-2H3,(H,15,16,17,18);5-8H,1-4H3,(H2,15,17). The highest BCUT2D eigenvalue weighted by Gasteiger charge is 2.26. The fourth-order valence-electron chi connectivity index (χ4n) is 16.8. The van der Waals surface area contributed by atoms with E-state index in [9.17, 15) is 14.4 Å². The summed E-state index contributed by atoms with van der Waals surface area (Å²) in [6, 6.07) is 47.3. The number of H-pyrrole nitrogens is 1. The summed E-state index contributed by atoms with van der Waals surface area (Å²) < 4.78 is 28.6. The first-order valence-electron chi connectivity index (χ1n) is 41.7. The lowest BCUT2D eigenvalue weighted by molar-refractivity contribution is 0.0984. The van der Waals surface area contributed by atoms with Gasteiger partial charge < -0.3 is 53.9 Å². The minimum atomic E-state index is -0.426. The van der Waals surface area contributed by atoms with Crippen molar-refractivity contribution in [1.82, 2.24) is 73.4 Å². The first-order chi connectivity index (χ1) is 57.8. The minimum Gasteiger partial charge on any atom is -0.496 e. The van der Waals surface area contributed by atoms with Gasteiger partial charge in [-0.2, -0.15) is 10.3 Å². The van der Waals surface area contributed by atoms with E-state index in [-0.39, 0.29) is 0 Å². The van der Waals surface area contributed by atoms with Gasteiger partial charge in [-0.3, -0.25) is 24.0 Å². The first-order valence-corrected chi connectivity index (χ1v) is 41.7. The third-order valence-corrected chi connectivity index (χ3v) is 22.9. The summed E-state index contributed by atoms with van der Waals surface area (Å²) >= 11 is 0. The van der Waals surface area contributed by atoms with Crippen LogP contribution in [0.1, 0.15) is 244 Å². The first kappa shape index (κ1) is 87.3. The number of tetrazole rings is 1. The van der Waals surface area contributed by atoms with E-state index in [4.69, 9.17) is 31.1 Å². The molecule has 7 N–H and O–H groups in total. The largest absolute Gasteiger partial charge is 0.496 e. The van der Waals surface area contributed by atoms with Gasteiger partial charge in [-0.1, -0.05) is 163 Å². The molecule has 9 heterocycles. The fourth-order valence-corrected chi connectivity index (χ4v) is 16.8.